The number of ketones is 1. The monoisotopic (exact) mass is 261 g/mol. The first-order valence-electron chi connectivity index (χ1n) is 4.72. The van der Waals surface area contributed by atoms with Crippen molar-refractivity contribution in [2.45, 2.75) is 13.0 Å². The number of ether oxygens (including phenoxy) is 1. The third-order valence-electron chi connectivity index (χ3n) is 2.25. The smallest absolute Gasteiger partial charge is 0.151 e. The van der Waals surface area contributed by atoms with Crippen LogP contribution in [0.3, 0.4) is 0 Å². The molecular formula is C11H13Cl2NO2. The lowest BCUT2D eigenvalue weighted by Crippen LogP contribution is -2.23. The number of carbonyl (C=O) groups is 1. The summed E-state index contributed by atoms with van der Waals surface area (Å²) in [5.41, 5.74) is 0.648. The van der Waals surface area contributed by atoms with Gasteiger partial charge in [-0.3, -0.25) is 4.79 Å². The zero-order valence-electron chi connectivity index (χ0n) is 9.30. The highest BCUT2D eigenvalue weighted by molar-refractivity contribution is 6.35. The molecule has 0 saturated carbocycles. The molecule has 3 nitrogen and oxygen atoms in total. The van der Waals surface area contributed by atoms with Gasteiger partial charge in [-0.05, 0) is 26.1 Å². The van der Waals surface area contributed by atoms with Crippen LogP contribution >= 0.6 is 23.2 Å². The lowest BCUT2D eigenvalue weighted by molar-refractivity contribution is -0.119. The molecule has 16 heavy (non-hydrogen) atoms. The minimum atomic E-state index is -0.467. The molecule has 0 aromatic heterocycles. The van der Waals surface area contributed by atoms with E-state index in [1.54, 1.807) is 19.2 Å². The maximum Gasteiger partial charge on any atom is 0.151 e. The average molecular weight is 262 g/mol. The van der Waals surface area contributed by atoms with Crippen molar-refractivity contribution in [1.29, 1.82) is 0 Å². The van der Waals surface area contributed by atoms with Gasteiger partial charge in [0.25, 0.3) is 0 Å². The van der Waals surface area contributed by atoms with Gasteiger partial charge in [0.15, 0.2) is 5.78 Å². The van der Waals surface area contributed by atoms with Gasteiger partial charge in [0.2, 0.25) is 0 Å². The summed E-state index contributed by atoms with van der Waals surface area (Å²) in [5, 5.41) is 3.77. The molecule has 0 aliphatic rings. The molecule has 0 amide bonds. The summed E-state index contributed by atoms with van der Waals surface area (Å²) < 4.78 is 5.18. The number of likely N-dealkylation sites (N-methyl/N-ethyl adjacent to an activating group) is 1. The first-order valence-corrected chi connectivity index (χ1v) is 5.47. The predicted octanol–water partition coefficient (Wildman–Crippen LogP) is 2.85. The fourth-order valence-corrected chi connectivity index (χ4v) is 2.17. The van der Waals surface area contributed by atoms with Crippen molar-refractivity contribution < 1.29 is 9.53 Å². The van der Waals surface area contributed by atoms with E-state index in [2.05, 4.69) is 5.32 Å². The van der Waals surface area contributed by atoms with Gasteiger partial charge in [0.1, 0.15) is 5.75 Å². The number of benzene rings is 1. The summed E-state index contributed by atoms with van der Waals surface area (Å²) in [6, 6.07) is 2.79. The third-order valence-corrected chi connectivity index (χ3v) is 2.75. The average Bonchev–Trinajstić information content (AvgIpc) is 2.17. The first kappa shape index (κ1) is 13.3. The number of methoxy groups -OCH3 is 1. The highest BCUT2D eigenvalue weighted by atomic mass is 35.5. The summed E-state index contributed by atoms with van der Waals surface area (Å²) in [6.45, 7) is 1.50. The van der Waals surface area contributed by atoms with E-state index >= 15 is 0 Å². The molecule has 1 aromatic carbocycles. The fourth-order valence-electron chi connectivity index (χ4n) is 1.59. The summed E-state index contributed by atoms with van der Waals surface area (Å²) >= 11 is 11.9. The molecule has 0 aliphatic heterocycles. The summed E-state index contributed by atoms with van der Waals surface area (Å²) in [5.74, 6) is 0.444. The van der Waals surface area contributed by atoms with E-state index in [1.165, 1.54) is 14.0 Å². The lowest BCUT2D eigenvalue weighted by Gasteiger charge is -2.18. The van der Waals surface area contributed by atoms with Crippen molar-refractivity contribution in [1.82, 2.24) is 5.32 Å². The van der Waals surface area contributed by atoms with Crippen LogP contribution < -0.4 is 10.1 Å². The molecule has 0 bridgehead atoms. The second-order valence-electron chi connectivity index (χ2n) is 3.34. The van der Waals surface area contributed by atoms with E-state index in [9.17, 15) is 4.79 Å². The van der Waals surface area contributed by atoms with Gasteiger partial charge in [0.05, 0.1) is 18.2 Å². The highest BCUT2D eigenvalue weighted by Crippen LogP contribution is 2.35. The number of Topliss-reactive ketones (excluding diaryl/α,β-unsaturated/α-hetero) is 1. The Hall–Kier alpha value is -0.770. The van der Waals surface area contributed by atoms with Crippen LogP contribution in [0, 0.1) is 0 Å². The Balaban J connectivity index is 3.34. The van der Waals surface area contributed by atoms with Crippen molar-refractivity contribution in [3.63, 3.8) is 0 Å². The van der Waals surface area contributed by atoms with Crippen molar-refractivity contribution in [3.05, 3.63) is 27.7 Å². The van der Waals surface area contributed by atoms with Crippen LogP contribution in [-0.4, -0.2) is 19.9 Å². The Morgan fingerprint density at radius 3 is 2.50 bits per heavy atom. The van der Waals surface area contributed by atoms with Gasteiger partial charge in [-0.2, -0.15) is 0 Å². The van der Waals surface area contributed by atoms with E-state index in [0.29, 0.717) is 21.4 Å². The SMILES string of the molecule is CNC(C(C)=O)c1cc(Cl)cc(Cl)c1OC. The van der Waals surface area contributed by atoms with E-state index < -0.39 is 6.04 Å². The zero-order valence-corrected chi connectivity index (χ0v) is 10.8. The van der Waals surface area contributed by atoms with Crippen LogP contribution in [-0.2, 0) is 4.79 Å². The van der Waals surface area contributed by atoms with Crippen LogP contribution in [0.5, 0.6) is 5.75 Å². The van der Waals surface area contributed by atoms with Crippen molar-refractivity contribution >= 4 is 29.0 Å². The molecule has 1 unspecified atom stereocenters. The molecule has 0 radical (unpaired) electrons. The van der Waals surface area contributed by atoms with Gasteiger partial charge in [-0.1, -0.05) is 23.2 Å². The van der Waals surface area contributed by atoms with E-state index in [0.717, 1.165) is 0 Å². The molecule has 0 fully saturated rings. The van der Waals surface area contributed by atoms with E-state index in [-0.39, 0.29) is 5.78 Å². The van der Waals surface area contributed by atoms with Crippen LogP contribution in [0.2, 0.25) is 10.0 Å². The fraction of sp³-hybridized carbons (Fsp3) is 0.364. The molecule has 0 saturated heterocycles. The number of rotatable bonds is 4. The molecule has 1 aromatic rings. The Morgan fingerprint density at radius 2 is 2.06 bits per heavy atom. The quantitative estimate of drug-likeness (QED) is 0.906. The normalized spacial score (nSPS) is 12.3. The number of nitrogens with one attached hydrogen (secondary N) is 1. The van der Waals surface area contributed by atoms with Crippen LogP contribution in [0.25, 0.3) is 0 Å². The predicted molar refractivity (Wildman–Crippen MR) is 65.5 cm³/mol. The third kappa shape index (κ3) is 2.67. The number of hydrogen-bond acceptors (Lipinski definition) is 3. The highest BCUT2D eigenvalue weighted by Gasteiger charge is 2.21. The molecule has 1 N–H and O–H groups in total. The van der Waals surface area contributed by atoms with Crippen LogP contribution in [0.15, 0.2) is 12.1 Å². The molecule has 0 heterocycles. The second-order valence-corrected chi connectivity index (χ2v) is 4.19. The maximum absolute atomic E-state index is 11.5. The Bertz CT molecular complexity index is 407. The number of hydrogen-bond donors (Lipinski definition) is 1. The van der Waals surface area contributed by atoms with Crippen LogP contribution in [0.4, 0.5) is 0 Å². The van der Waals surface area contributed by atoms with Crippen molar-refractivity contribution in [3.8, 4) is 5.75 Å². The molecule has 0 spiro atoms. The van der Waals surface area contributed by atoms with E-state index in [4.69, 9.17) is 27.9 Å². The topological polar surface area (TPSA) is 38.3 Å². The van der Waals surface area contributed by atoms with Crippen molar-refractivity contribution in [2.24, 2.45) is 0 Å². The van der Waals surface area contributed by atoms with Crippen LogP contribution in [0.1, 0.15) is 18.5 Å². The molecule has 5 heteroatoms. The Kier molecular flexibility index (Phi) is 4.59. The number of carbonyl (C=O) groups excluding carboxylic acids is 1. The standard InChI is InChI=1S/C11H13Cl2NO2/c1-6(15)10(14-2)8-4-7(12)5-9(13)11(8)16-3/h4-5,10,14H,1-3H3. The minimum Gasteiger partial charge on any atom is -0.495 e. The maximum atomic E-state index is 11.5. The molecule has 1 rings (SSSR count). The van der Waals surface area contributed by atoms with Crippen molar-refractivity contribution in [2.75, 3.05) is 14.2 Å². The van der Waals surface area contributed by atoms with E-state index in [1.807, 2.05) is 0 Å². The molecular weight excluding hydrogens is 249 g/mol. The van der Waals surface area contributed by atoms with Gasteiger partial charge in [-0.25, -0.2) is 0 Å². The lowest BCUT2D eigenvalue weighted by atomic mass is 10.0. The molecule has 0 aliphatic carbocycles. The zero-order chi connectivity index (χ0) is 12.3. The van der Waals surface area contributed by atoms with Gasteiger partial charge < -0.3 is 10.1 Å². The Labute approximate surface area is 105 Å². The Morgan fingerprint density at radius 1 is 1.44 bits per heavy atom. The van der Waals surface area contributed by atoms with Gasteiger partial charge in [-0.15, -0.1) is 0 Å². The van der Waals surface area contributed by atoms with Gasteiger partial charge in [0, 0.05) is 10.6 Å². The summed E-state index contributed by atoms with van der Waals surface area (Å²) in [7, 11) is 3.20. The minimum absolute atomic E-state index is 0.0286. The molecule has 88 valence electrons. The summed E-state index contributed by atoms with van der Waals surface area (Å²) in [6.07, 6.45) is 0. The number of halogens is 2. The first-order chi connectivity index (χ1) is 7.51. The van der Waals surface area contributed by atoms with Gasteiger partial charge >= 0.3 is 0 Å². The largest absolute Gasteiger partial charge is 0.495 e. The molecule has 1 atom stereocenters. The summed E-state index contributed by atoms with van der Waals surface area (Å²) in [4.78, 5) is 11.5. The second kappa shape index (κ2) is 5.53.